The number of nitrogen functional groups attached to an aromatic ring is 1. The minimum atomic E-state index is -0.453. The van der Waals surface area contributed by atoms with Crippen LogP contribution in [0.5, 0.6) is 0 Å². The number of para-hydroxylation sites is 1. The van der Waals surface area contributed by atoms with Crippen LogP contribution < -0.4 is 11.1 Å². The number of carbonyl (C=O) groups excluding carboxylic acids is 1. The van der Waals surface area contributed by atoms with Crippen LogP contribution in [0.4, 0.5) is 11.4 Å². The third-order valence-electron chi connectivity index (χ3n) is 2.36. The van der Waals surface area contributed by atoms with Crippen molar-refractivity contribution in [1.82, 2.24) is 5.16 Å². The standard InChI is InChI=1S/C12H12ClN3O3/c1-18-6-7-5-10(16-19-7)12(17)15-11-8(13)3-2-4-9(11)14/h2-5H,6,14H2,1H3,(H,15,17). The Bertz CT molecular complexity index is 577. The molecule has 1 aromatic heterocycles. The number of ether oxygens (including phenoxy) is 1. The summed E-state index contributed by atoms with van der Waals surface area (Å²) in [5, 5.41) is 6.59. The van der Waals surface area contributed by atoms with Crippen LogP contribution in [0.1, 0.15) is 16.2 Å². The van der Waals surface area contributed by atoms with Gasteiger partial charge < -0.3 is 20.3 Å². The predicted octanol–water partition coefficient (Wildman–Crippen LogP) is 2.31. The molecule has 0 saturated carbocycles. The fraction of sp³-hybridized carbons (Fsp3) is 0.167. The second kappa shape index (κ2) is 5.73. The van der Waals surface area contributed by atoms with E-state index in [0.717, 1.165) is 0 Å². The molecule has 0 unspecified atom stereocenters. The van der Waals surface area contributed by atoms with Crippen LogP contribution in [-0.2, 0) is 11.3 Å². The zero-order valence-electron chi connectivity index (χ0n) is 10.1. The fourth-order valence-corrected chi connectivity index (χ4v) is 1.71. The quantitative estimate of drug-likeness (QED) is 0.839. The molecule has 1 amide bonds. The molecule has 3 N–H and O–H groups in total. The number of nitrogens with zero attached hydrogens (tertiary/aromatic N) is 1. The van der Waals surface area contributed by atoms with Crippen LogP contribution >= 0.6 is 11.6 Å². The highest BCUT2D eigenvalue weighted by Crippen LogP contribution is 2.28. The molecule has 0 bridgehead atoms. The number of benzene rings is 1. The molecular formula is C12H12ClN3O3. The summed E-state index contributed by atoms with van der Waals surface area (Å²) < 4.78 is 9.80. The number of rotatable bonds is 4. The zero-order valence-corrected chi connectivity index (χ0v) is 10.9. The number of nitrogens with one attached hydrogen (secondary N) is 1. The Hall–Kier alpha value is -2.05. The van der Waals surface area contributed by atoms with Crippen LogP contribution in [0.3, 0.4) is 0 Å². The molecule has 0 fully saturated rings. The Kier molecular flexibility index (Phi) is 4.03. The fourth-order valence-electron chi connectivity index (χ4n) is 1.48. The average molecular weight is 282 g/mol. The summed E-state index contributed by atoms with van der Waals surface area (Å²) in [6.45, 7) is 0.245. The number of hydrogen-bond donors (Lipinski definition) is 2. The molecule has 0 radical (unpaired) electrons. The summed E-state index contributed by atoms with van der Waals surface area (Å²) >= 11 is 5.96. The van der Waals surface area contributed by atoms with Crippen molar-refractivity contribution < 1.29 is 14.1 Å². The van der Waals surface area contributed by atoms with Gasteiger partial charge in [-0.15, -0.1) is 0 Å². The number of anilines is 2. The summed E-state index contributed by atoms with van der Waals surface area (Å²) in [6.07, 6.45) is 0. The molecule has 2 rings (SSSR count). The Morgan fingerprint density at radius 2 is 2.37 bits per heavy atom. The van der Waals surface area contributed by atoms with Crippen molar-refractivity contribution in [2.45, 2.75) is 6.61 Å². The van der Waals surface area contributed by atoms with Gasteiger partial charge in [0.1, 0.15) is 6.61 Å². The van der Waals surface area contributed by atoms with E-state index >= 15 is 0 Å². The van der Waals surface area contributed by atoms with Gasteiger partial charge in [-0.3, -0.25) is 4.79 Å². The van der Waals surface area contributed by atoms with Gasteiger partial charge in [-0.05, 0) is 12.1 Å². The lowest BCUT2D eigenvalue weighted by Gasteiger charge is -2.08. The number of halogens is 1. The molecule has 0 saturated heterocycles. The molecule has 100 valence electrons. The van der Waals surface area contributed by atoms with E-state index in [1.807, 2.05) is 0 Å². The maximum absolute atomic E-state index is 11.9. The molecule has 7 heteroatoms. The van der Waals surface area contributed by atoms with E-state index in [0.29, 0.717) is 22.2 Å². The highest BCUT2D eigenvalue weighted by atomic mass is 35.5. The highest BCUT2D eigenvalue weighted by Gasteiger charge is 2.15. The molecule has 0 atom stereocenters. The monoisotopic (exact) mass is 281 g/mol. The first kappa shape index (κ1) is 13.4. The zero-order chi connectivity index (χ0) is 13.8. The van der Waals surface area contributed by atoms with E-state index in [4.69, 9.17) is 26.6 Å². The minimum absolute atomic E-state index is 0.131. The van der Waals surface area contributed by atoms with Crippen molar-refractivity contribution in [2.24, 2.45) is 0 Å². The Labute approximate surface area is 114 Å². The first-order valence-electron chi connectivity index (χ1n) is 5.41. The van der Waals surface area contributed by atoms with Crippen LogP contribution in [-0.4, -0.2) is 18.2 Å². The summed E-state index contributed by atoms with van der Waals surface area (Å²) in [5.41, 5.74) is 6.60. The molecular weight excluding hydrogens is 270 g/mol. The van der Waals surface area contributed by atoms with Crippen LogP contribution in [0, 0.1) is 0 Å². The molecule has 0 spiro atoms. The lowest BCUT2D eigenvalue weighted by atomic mass is 10.2. The maximum atomic E-state index is 11.9. The Balaban J connectivity index is 2.16. The molecule has 6 nitrogen and oxygen atoms in total. The molecule has 0 aliphatic rings. The summed E-state index contributed by atoms with van der Waals surface area (Å²) in [5.74, 6) is 0.00526. The van der Waals surface area contributed by atoms with Crippen molar-refractivity contribution in [3.05, 3.63) is 40.7 Å². The predicted molar refractivity (Wildman–Crippen MR) is 71.0 cm³/mol. The first-order valence-corrected chi connectivity index (χ1v) is 5.79. The van der Waals surface area contributed by atoms with Gasteiger partial charge in [0.25, 0.3) is 5.91 Å². The van der Waals surface area contributed by atoms with Gasteiger partial charge in [-0.25, -0.2) is 0 Å². The molecule has 0 aliphatic carbocycles. The van der Waals surface area contributed by atoms with Gasteiger partial charge in [0.2, 0.25) is 0 Å². The van der Waals surface area contributed by atoms with Crippen molar-refractivity contribution in [1.29, 1.82) is 0 Å². The molecule has 19 heavy (non-hydrogen) atoms. The van der Waals surface area contributed by atoms with Gasteiger partial charge in [0.15, 0.2) is 11.5 Å². The third-order valence-corrected chi connectivity index (χ3v) is 2.68. The lowest BCUT2D eigenvalue weighted by molar-refractivity contribution is 0.101. The first-order chi connectivity index (χ1) is 9.11. The largest absolute Gasteiger partial charge is 0.397 e. The average Bonchev–Trinajstić information content (AvgIpc) is 2.83. The van der Waals surface area contributed by atoms with Crippen LogP contribution in [0.2, 0.25) is 5.02 Å². The van der Waals surface area contributed by atoms with Gasteiger partial charge >= 0.3 is 0 Å². The van der Waals surface area contributed by atoms with Crippen LogP contribution in [0.25, 0.3) is 0 Å². The molecule has 1 heterocycles. The van der Waals surface area contributed by atoms with Gasteiger partial charge in [-0.2, -0.15) is 0 Å². The second-order valence-corrected chi connectivity index (χ2v) is 4.18. The van der Waals surface area contributed by atoms with Crippen molar-refractivity contribution >= 4 is 28.9 Å². The van der Waals surface area contributed by atoms with Crippen molar-refractivity contribution in [2.75, 3.05) is 18.2 Å². The summed E-state index contributed by atoms with van der Waals surface area (Å²) in [4.78, 5) is 11.9. The van der Waals surface area contributed by atoms with E-state index in [1.54, 1.807) is 18.2 Å². The van der Waals surface area contributed by atoms with E-state index in [9.17, 15) is 4.79 Å². The Morgan fingerprint density at radius 3 is 3.05 bits per heavy atom. The van der Waals surface area contributed by atoms with E-state index in [-0.39, 0.29) is 12.3 Å². The van der Waals surface area contributed by atoms with E-state index < -0.39 is 5.91 Å². The summed E-state index contributed by atoms with van der Waals surface area (Å²) in [6, 6.07) is 6.46. The number of carbonyl (C=O) groups is 1. The minimum Gasteiger partial charge on any atom is -0.397 e. The normalized spacial score (nSPS) is 10.4. The summed E-state index contributed by atoms with van der Waals surface area (Å²) in [7, 11) is 1.52. The number of amides is 1. The van der Waals surface area contributed by atoms with Gasteiger partial charge in [-0.1, -0.05) is 22.8 Å². The lowest BCUT2D eigenvalue weighted by Crippen LogP contribution is -2.13. The van der Waals surface area contributed by atoms with Gasteiger partial charge in [0.05, 0.1) is 16.4 Å². The molecule has 1 aromatic carbocycles. The van der Waals surface area contributed by atoms with Crippen molar-refractivity contribution in [3.8, 4) is 0 Å². The topological polar surface area (TPSA) is 90.4 Å². The second-order valence-electron chi connectivity index (χ2n) is 3.77. The van der Waals surface area contributed by atoms with Crippen LogP contribution in [0.15, 0.2) is 28.8 Å². The Morgan fingerprint density at radius 1 is 1.58 bits per heavy atom. The maximum Gasteiger partial charge on any atom is 0.277 e. The highest BCUT2D eigenvalue weighted by molar-refractivity contribution is 6.34. The van der Waals surface area contributed by atoms with Gasteiger partial charge in [0, 0.05) is 13.2 Å². The molecule has 0 aliphatic heterocycles. The van der Waals surface area contributed by atoms with Crippen molar-refractivity contribution in [3.63, 3.8) is 0 Å². The smallest absolute Gasteiger partial charge is 0.277 e. The molecule has 2 aromatic rings. The number of aromatic nitrogens is 1. The number of methoxy groups -OCH3 is 1. The number of nitrogens with two attached hydrogens (primary N) is 1. The van der Waals surface area contributed by atoms with E-state index in [2.05, 4.69) is 10.5 Å². The third kappa shape index (κ3) is 3.04. The number of hydrogen-bond acceptors (Lipinski definition) is 5. The SMILES string of the molecule is COCc1cc(C(=O)Nc2c(N)cccc2Cl)no1. The van der Waals surface area contributed by atoms with E-state index in [1.165, 1.54) is 13.2 Å².